The van der Waals surface area contributed by atoms with Crippen molar-refractivity contribution in [2.24, 2.45) is 0 Å². The molecule has 13 heteroatoms. The minimum absolute atomic E-state index is 0.0540. The first-order chi connectivity index (χ1) is 9.27. The average molecular weight is 423 g/mol. The maximum absolute atomic E-state index is 12.9. The van der Waals surface area contributed by atoms with Gasteiger partial charge in [0, 0.05) is 21.6 Å². The fourth-order valence-corrected chi connectivity index (χ4v) is 2.87. The van der Waals surface area contributed by atoms with Gasteiger partial charge in [0.2, 0.25) is 5.88 Å². The molecule has 120 valence electrons. The van der Waals surface area contributed by atoms with Crippen LogP contribution in [0, 0.1) is 0 Å². The minimum Gasteiger partial charge on any atom is -0.388 e. The number of aromatic nitrogens is 1. The van der Waals surface area contributed by atoms with Gasteiger partial charge in [-0.15, -0.1) is 13.2 Å². The third-order valence-electron chi connectivity index (χ3n) is 2.00. The second-order valence-electron chi connectivity index (χ2n) is 3.40. The highest BCUT2D eigenvalue weighted by molar-refractivity contribution is 9.08. The zero-order chi connectivity index (χ0) is 16.6. The molecule has 0 bridgehead atoms. The molecule has 21 heavy (non-hydrogen) atoms. The number of alkyl halides is 7. The molecular formula is C8H3BrClF6NO3S. The van der Waals surface area contributed by atoms with Crippen molar-refractivity contribution in [3.63, 3.8) is 0 Å². The van der Waals surface area contributed by atoms with E-state index in [1.54, 1.807) is 0 Å². The molecule has 0 aliphatic heterocycles. The van der Waals surface area contributed by atoms with E-state index >= 15 is 0 Å². The molecule has 0 unspecified atom stereocenters. The molecule has 0 radical (unpaired) electrons. The van der Waals surface area contributed by atoms with Crippen molar-refractivity contribution >= 4 is 35.7 Å². The summed E-state index contributed by atoms with van der Waals surface area (Å²) in [6.07, 6.45) is -10.5. The van der Waals surface area contributed by atoms with Crippen LogP contribution in [-0.2, 0) is 20.6 Å². The number of hydrogen-bond donors (Lipinski definition) is 0. The quantitative estimate of drug-likeness (QED) is 0.422. The number of pyridine rings is 1. The smallest absolute Gasteiger partial charge is 0.388 e. The van der Waals surface area contributed by atoms with Crippen LogP contribution in [0.4, 0.5) is 26.3 Å². The SMILES string of the molecule is O=S(=O)(Cl)c1cnc(OC(F)(F)F)c(CBr)c1C(F)(F)F. The van der Waals surface area contributed by atoms with Gasteiger partial charge >= 0.3 is 12.5 Å². The molecule has 0 aromatic carbocycles. The predicted molar refractivity (Wildman–Crippen MR) is 61.6 cm³/mol. The van der Waals surface area contributed by atoms with Gasteiger partial charge < -0.3 is 4.74 Å². The minimum atomic E-state index is -5.30. The van der Waals surface area contributed by atoms with E-state index in [1.807, 2.05) is 0 Å². The maximum Gasteiger partial charge on any atom is 0.574 e. The monoisotopic (exact) mass is 421 g/mol. The fraction of sp³-hybridized carbons (Fsp3) is 0.375. The third-order valence-corrected chi connectivity index (χ3v) is 3.89. The molecule has 1 heterocycles. The number of ether oxygens (including phenoxy) is 1. The summed E-state index contributed by atoms with van der Waals surface area (Å²) in [4.78, 5) is 1.48. The van der Waals surface area contributed by atoms with E-state index in [9.17, 15) is 34.8 Å². The Morgan fingerprint density at radius 2 is 1.76 bits per heavy atom. The van der Waals surface area contributed by atoms with Crippen LogP contribution in [0.15, 0.2) is 11.1 Å². The summed E-state index contributed by atoms with van der Waals surface area (Å²) in [6.45, 7) is 0. The number of hydrogen-bond acceptors (Lipinski definition) is 4. The second kappa shape index (κ2) is 5.80. The van der Waals surface area contributed by atoms with Gasteiger partial charge in [-0.1, -0.05) is 15.9 Å². The maximum atomic E-state index is 12.9. The summed E-state index contributed by atoms with van der Waals surface area (Å²) < 4.78 is 101. The molecule has 0 saturated heterocycles. The van der Waals surface area contributed by atoms with Crippen LogP contribution >= 0.6 is 26.6 Å². The summed E-state index contributed by atoms with van der Waals surface area (Å²) in [7, 11) is -0.0396. The number of nitrogens with zero attached hydrogens (tertiary/aromatic N) is 1. The van der Waals surface area contributed by atoms with Crippen molar-refractivity contribution in [3.05, 3.63) is 17.3 Å². The van der Waals surface area contributed by atoms with Crippen molar-refractivity contribution in [1.82, 2.24) is 4.98 Å². The molecule has 4 nitrogen and oxygen atoms in total. The topological polar surface area (TPSA) is 56.3 Å². The summed E-state index contributed by atoms with van der Waals surface area (Å²) in [5.74, 6) is -1.42. The van der Waals surface area contributed by atoms with Gasteiger partial charge in [-0.25, -0.2) is 13.4 Å². The van der Waals surface area contributed by atoms with Gasteiger partial charge in [0.1, 0.15) is 4.90 Å². The zero-order valence-corrected chi connectivity index (χ0v) is 12.5. The summed E-state index contributed by atoms with van der Waals surface area (Å²) in [5.41, 5.74) is -3.01. The van der Waals surface area contributed by atoms with Crippen LogP contribution in [0.2, 0.25) is 0 Å². The highest BCUT2D eigenvalue weighted by Crippen LogP contribution is 2.42. The fourth-order valence-electron chi connectivity index (χ4n) is 1.33. The second-order valence-corrected chi connectivity index (χ2v) is 6.49. The Bertz CT molecular complexity index is 645. The number of halogens is 8. The van der Waals surface area contributed by atoms with Crippen molar-refractivity contribution in [2.75, 3.05) is 0 Å². The van der Waals surface area contributed by atoms with Crippen molar-refractivity contribution < 1.29 is 39.5 Å². The van der Waals surface area contributed by atoms with Crippen LogP contribution < -0.4 is 4.74 Å². The van der Waals surface area contributed by atoms with Crippen LogP contribution in [-0.4, -0.2) is 19.8 Å². The predicted octanol–water partition coefficient (Wildman–Crippen LogP) is 3.82. The van der Waals surface area contributed by atoms with Crippen LogP contribution in [0.1, 0.15) is 11.1 Å². The Hall–Kier alpha value is -0.750. The Balaban J connectivity index is 3.71. The Labute approximate surface area is 126 Å². The highest BCUT2D eigenvalue weighted by atomic mass is 79.9. The molecule has 1 rings (SSSR count). The molecule has 0 N–H and O–H groups in total. The van der Waals surface area contributed by atoms with Crippen molar-refractivity contribution in [1.29, 1.82) is 0 Å². The van der Waals surface area contributed by atoms with Crippen molar-refractivity contribution in [2.45, 2.75) is 22.8 Å². The van der Waals surface area contributed by atoms with E-state index in [-0.39, 0.29) is 6.20 Å². The van der Waals surface area contributed by atoms with E-state index in [1.165, 1.54) is 0 Å². The molecule has 0 fully saturated rings. The van der Waals surface area contributed by atoms with Crippen LogP contribution in [0.25, 0.3) is 0 Å². The summed E-state index contributed by atoms with van der Waals surface area (Å²) in [5, 5.41) is -0.791. The van der Waals surface area contributed by atoms with E-state index in [0.29, 0.717) is 0 Å². The Morgan fingerprint density at radius 3 is 2.10 bits per heavy atom. The lowest BCUT2D eigenvalue weighted by molar-refractivity contribution is -0.276. The molecule has 1 aromatic rings. The van der Waals surface area contributed by atoms with Crippen LogP contribution in [0.5, 0.6) is 5.88 Å². The molecule has 1 aromatic heterocycles. The summed E-state index contributed by atoms with van der Waals surface area (Å²) >= 11 is 2.53. The highest BCUT2D eigenvalue weighted by Gasteiger charge is 2.43. The molecule has 0 aliphatic rings. The lowest BCUT2D eigenvalue weighted by atomic mass is 10.1. The zero-order valence-electron chi connectivity index (χ0n) is 9.39. The molecule has 0 spiro atoms. The van der Waals surface area contributed by atoms with E-state index in [2.05, 4.69) is 25.7 Å². The first-order valence-corrected chi connectivity index (χ1v) is 8.06. The average Bonchev–Trinajstić information content (AvgIpc) is 2.23. The summed E-state index contributed by atoms with van der Waals surface area (Å²) in [6, 6.07) is 0. The Morgan fingerprint density at radius 1 is 1.24 bits per heavy atom. The molecule has 0 amide bonds. The lowest BCUT2D eigenvalue weighted by Crippen LogP contribution is -2.22. The van der Waals surface area contributed by atoms with Gasteiger partial charge in [0.05, 0.1) is 11.8 Å². The standard InChI is InChI=1S/C8H3BrClF6NO3S/c9-1-3-5(7(11,12)13)4(21(10,18)19)2-17-6(3)20-8(14,15)16/h2H,1H2. The van der Waals surface area contributed by atoms with Gasteiger partial charge in [0.25, 0.3) is 9.05 Å². The van der Waals surface area contributed by atoms with E-state index in [0.717, 1.165) is 0 Å². The van der Waals surface area contributed by atoms with Gasteiger partial charge in [0.15, 0.2) is 0 Å². The molecule has 0 aliphatic carbocycles. The largest absolute Gasteiger partial charge is 0.574 e. The van der Waals surface area contributed by atoms with Gasteiger partial charge in [-0.05, 0) is 0 Å². The number of rotatable bonds is 3. The first kappa shape index (κ1) is 18.3. The lowest BCUT2D eigenvalue weighted by Gasteiger charge is -2.18. The molecule has 0 saturated carbocycles. The van der Waals surface area contributed by atoms with Gasteiger partial charge in [-0.2, -0.15) is 13.2 Å². The normalized spacial score (nSPS) is 13.3. The van der Waals surface area contributed by atoms with Crippen LogP contribution in [0.3, 0.4) is 0 Å². The molecule has 0 atom stereocenters. The molecular weight excluding hydrogens is 420 g/mol. The Kier molecular flexibility index (Phi) is 5.05. The van der Waals surface area contributed by atoms with E-state index < -0.39 is 48.8 Å². The van der Waals surface area contributed by atoms with Gasteiger partial charge in [-0.3, -0.25) is 0 Å². The van der Waals surface area contributed by atoms with E-state index in [4.69, 9.17) is 10.7 Å². The third kappa shape index (κ3) is 4.61. The van der Waals surface area contributed by atoms with Crippen molar-refractivity contribution in [3.8, 4) is 5.88 Å². The first-order valence-electron chi connectivity index (χ1n) is 4.63.